The van der Waals surface area contributed by atoms with Crippen molar-refractivity contribution in [2.75, 3.05) is 17.2 Å². The van der Waals surface area contributed by atoms with Gasteiger partial charge in [-0.05, 0) is 60.2 Å². The van der Waals surface area contributed by atoms with E-state index in [-0.39, 0.29) is 28.1 Å². The number of nitrogen functional groups attached to an aromatic ring is 3. The molecule has 188 valence electrons. The molecular formula is C27H23N3O7. The summed E-state index contributed by atoms with van der Waals surface area (Å²) in [5.41, 5.74) is 18.7. The Morgan fingerprint density at radius 3 is 1.97 bits per heavy atom. The lowest BCUT2D eigenvalue weighted by Gasteiger charge is -2.11. The Morgan fingerprint density at radius 2 is 1.35 bits per heavy atom. The third kappa shape index (κ3) is 6.34. The molecule has 0 spiro atoms. The summed E-state index contributed by atoms with van der Waals surface area (Å²) in [6, 6.07) is 22.3. The fraction of sp³-hybridized carbons (Fsp3) is 0. The second-order valence-corrected chi connectivity index (χ2v) is 7.65. The minimum Gasteiger partial charge on any atom is -0.478 e. The molecule has 0 aliphatic carbocycles. The van der Waals surface area contributed by atoms with Crippen LogP contribution in [0.3, 0.4) is 0 Å². The molecule has 9 N–H and O–H groups in total. The largest absolute Gasteiger partial charge is 0.478 e. The number of carboxylic acid groups (broad SMARTS) is 3. The van der Waals surface area contributed by atoms with Gasteiger partial charge in [-0.15, -0.1) is 0 Å². The highest BCUT2D eigenvalue weighted by atomic mass is 16.5. The van der Waals surface area contributed by atoms with E-state index >= 15 is 0 Å². The normalized spacial score (nSPS) is 10.1. The van der Waals surface area contributed by atoms with E-state index < -0.39 is 17.9 Å². The molecule has 0 aromatic heterocycles. The Labute approximate surface area is 211 Å². The number of nitrogens with two attached hydrogens (primary N) is 3. The van der Waals surface area contributed by atoms with Gasteiger partial charge in [0.05, 0.1) is 11.3 Å². The van der Waals surface area contributed by atoms with E-state index in [1.807, 2.05) is 0 Å². The summed E-state index contributed by atoms with van der Waals surface area (Å²) in [6.45, 7) is 0. The maximum Gasteiger partial charge on any atom is 0.339 e. The van der Waals surface area contributed by atoms with Crippen molar-refractivity contribution in [2.45, 2.75) is 0 Å². The van der Waals surface area contributed by atoms with Gasteiger partial charge in [0, 0.05) is 16.9 Å². The van der Waals surface area contributed by atoms with Crippen molar-refractivity contribution < 1.29 is 34.4 Å². The lowest BCUT2D eigenvalue weighted by atomic mass is 9.97. The maximum absolute atomic E-state index is 11.1. The number of hydrogen-bond donors (Lipinski definition) is 6. The van der Waals surface area contributed by atoms with Crippen LogP contribution < -0.4 is 21.9 Å². The Bertz CT molecular complexity index is 1470. The van der Waals surface area contributed by atoms with Crippen molar-refractivity contribution in [2.24, 2.45) is 0 Å². The molecule has 10 nitrogen and oxygen atoms in total. The predicted octanol–water partition coefficient (Wildman–Crippen LogP) is 4.67. The number of carbonyl (C=O) groups is 3. The van der Waals surface area contributed by atoms with Crippen LogP contribution in [-0.2, 0) is 0 Å². The molecule has 0 saturated heterocycles. The summed E-state index contributed by atoms with van der Waals surface area (Å²) >= 11 is 0. The third-order valence-corrected chi connectivity index (χ3v) is 5.14. The van der Waals surface area contributed by atoms with Gasteiger partial charge in [-0.25, -0.2) is 14.4 Å². The smallest absolute Gasteiger partial charge is 0.339 e. The van der Waals surface area contributed by atoms with Crippen molar-refractivity contribution in [1.29, 1.82) is 0 Å². The van der Waals surface area contributed by atoms with Crippen molar-refractivity contribution in [3.05, 3.63) is 102 Å². The molecule has 0 atom stereocenters. The van der Waals surface area contributed by atoms with Crippen LogP contribution in [0, 0.1) is 0 Å². The molecule has 4 rings (SSSR count). The molecule has 0 radical (unpaired) electrons. The first kappa shape index (κ1) is 26.1. The summed E-state index contributed by atoms with van der Waals surface area (Å²) < 4.78 is 5.49. The zero-order valence-corrected chi connectivity index (χ0v) is 19.3. The van der Waals surface area contributed by atoms with Gasteiger partial charge in [0.25, 0.3) is 0 Å². The van der Waals surface area contributed by atoms with Crippen LogP contribution in [0.1, 0.15) is 31.1 Å². The SMILES string of the molecule is Nc1ccc(-c2cccc(C(=O)O)c2)c(N)c1C(=O)O.Nc1ccc(Oc2ccccc2C(=O)O)cc1. The molecule has 37 heavy (non-hydrogen) atoms. The lowest BCUT2D eigenvalue weighted by molar-refractivity contribution is 0.0684. The van der Waals surface area contributed by atoms with Gasteiger partial charge in [0.15, 0.2) is 0 Å². The lowest BCUT2D eigenvalue weighted by Crippen LogP contribution is -2.08. The number of hydrogen-bond acceptors (Lipinski definition) is 7. The average molecular weight is 501 g/mol. The van der Waals surface area contributed by atoms with Crippen LogP contribution >= 0.6 is 0 Å². The standard InChI is InChI=1S/C14H12N2O4.C13H11NO3/c15-10-5-4-9(12(16)11(10)14(19)20)7-2-1-3-8(6-7)13(17)18;14-9-5-7-10(8-6-9)17-12-4-2-1-3-11(12)13(15)16/h1-6H,15-16H2,(H,17,18)(H,19,20);1-8H,14H2,(H,15,16). The van der Waals surface area contributed by atoms with E-state index in [4.69, 9.17) is 37.3 Å². The quantitative estimate of drug-likeness (QED) is 0.202. The van der Waals surface area contributed by atoms with Gasteiger partial charge in [-0.2, -0.15) is 0 Å². The monoisotopic (exact) mass is 501 g/mol. The fourth-order valence-electron chi connectivity index (χ4n) is 3.34. The summed E-state index contributed by atoms with van der Waals surface area (Å²) in [4.78, 5) is 33.1. The van der Waals surface area contributed by atoms with E-state index in [0.29, 0.717) is 28.3 Å². The fourth-order valence-corrected chi connectivity index (χ4v) is 3.34. The maximum atomic E-state index is 11.1. The minimum absolute atomic E-state index is 0.0139. The highest BCUT2D eigenvalue weighted by molar-refractivity contribution is 6.03. The number of para-hydroxylation sites is 1. The molecule has 0 amide bonds. The van der Waals surface area contributed by atoms with Crippen LogP contribution in [-0.4, -0.2) is 33.2 Å². The zero-order valence-electron chi connectivity index (χ0n) is 19.3. The van der Waals surface area contributed by atoms with Gasteiger partial charge in [-0.3, -0.25) is 0 Å². The zero-order chi connectivity index (χ0) is 27.1. The van der Waals surface area contributed by atoms with Crippen LogP contribution in [0.15, 0.2) is 84.9 Å². The van der Waals surface area contributed by atoms with Crippen molar-refractivity contribution in [1.82, 2.24) is 0 Å². The first-order valence-corrected chi connectivity index (χ1v) is 10.7. The van der Waals surface area contributed by atoms with E-state index in [2.05, 4.69) is 0 Å². The second-order valence-electron chi connectivity index (χ2n) is 7.65. The molecule has 0 bridgehead atoms. The van der Waals surface area contributed by atoms with Crippen molar-refractivity contribution in [3.8, 4) is 22.6 Å². The van der Waals surface area contributed by atoms with Crippen LogP contribution in [0.2, 0.25) is 0 Å². The molecule has 0 heterocycles. The summed E-state index contributed by atoms with van der Waals surface area (Å²) in [7, 11) is 0. The highest BCUT2D eigenvalue weighted by Crippen LogP contribution is 2.32. The molecular weight excluding hydrogens is 478 g/mol. The molecule has 0 fully saturated rings. The molecule has 4 aromatic carbocycles. The molecule has 10 heteroatoms. The summed E-state index contributed by atoms with van der Waals surface area (Å²) in [5, 5.41) is 27.1. The summed E-state index contributed by atoms with van der Waals surface area (Å²) in [6.07, 6.45) is 0. The Hall–Kier alpha value is -5.51. The highest BCUT2D eigenvalue weighted by Gasteiger charge is 2.17. The predicted molar refractivity (Wildman–Crippen MR) is 139 cm³/mol. The van der Waals surface area contributed by atoms with Gasteiger partial charge < -0.3 is 37.3 Å². The average Bonchev–Trinajstić information content (AvgIpc) is 2.86. The van der Waals surface area contributed by atoms with E-state index in [9.17, 15) is 14.4 Å². The van der Waals surface area contributed by atoms with E-state index in [1.165, 1.54) is 24.3 Å². The Morgan fingerprint density at radius 1 is 0.676 bits per heavy atom. The summed E-state index contributed by atoms with van der Waals surface area (Å²) in [5.74, 6) is -2.45. The van der Waals surface area contributed by atoms with Crippen LogP contribution in [0.25, 0.3) is 11.1 Å². The number of ether oxygens (including phenoxy) is 1. The molecule has 4 aromatic rings. The van der Waals surface area contributed by atoms with Crippen molar-refractivity contribution >= 4 is 35.0 Å². The van der Waals surface area contributed by atoms with Gasteiger partial charge in [0.1, 0.15) is 22.6 Å². The third-order valence-electron chi connectivity index (χ3n) is 5.14. The Balaban J connectivity index is 0.000000208. The van der Waals surface area contributed by atoms with Gasteiger partial charge in [-0.1, -0.05) is 30.3 Å². The van der Waals surface area contributed by atoms with Gasteiger partial charge >= 0.3 is 17.9 Å². The number of anilines is 3. The second kappa shape index (κ2) is 11.3. The minimum atomic E-state index is -1.23. The molecule has 0 saturated carbocycles. The number of carboxylic acids is 3. The molecule has 0 unspecified atom stereocenters. The number of aromatic carboxylic acids is 3. The van der Waals surface area contributed by atoms with E-state index in [1.54, 1.807) is 60.7 Å². The topological polar surface area (TPSA) is 199 Å². The number of benzene rings is 4. The number of rotatable bonds is 6. The van der Waals surface area contributed by atoms with Crippen LogP contribution in [0.4, 0.5) is 17.1 Å². The van der Waals surface area contributed by atoms with Crippen LogP contribution in [0.5, 0.6) is 11.5 Å². The van der Waals surface area contributed by atoms with Crippen molar-refractivity contribution in [3.63, 3.8) is 0 Å². The molecule has 0 aliphatic rings. The first-order valence-electron chi connectivity index (χ1n) is 10.7. The van der Waals surface area contributed by atoms with E-state index in [0.717, 1.165) is 0 Å². The Kier molecular flexibility index (Phi) is 7.96. The van der Waals surface area contributed by atoms with Gasteiger partial charge in [0.2, 0.25) is 0 Å². The first-order chi connectivity index (χ1) is 17.6. The molecule has 0 aliphatic heterocycles.